The monoisotopic (exact) mass is 394 g/mol. The summed E-state index contributed by atoms with van der Waals surface area (Å²) in [7, 11) is 1.92. The summed E-state index contributed by atoms with van der Waals surface area (Å²) in [5.41, 5.74) is 4.31. The molecule has 0 saturated carbocycles. The molecular weight excluding hydrogens is 367 g/mol. The lowest BCUT2D eigenvalue weighted by Gasteiger charge is -2.29. The lowest BCUT2D eigenvalue weighted by atomic mass is 9.88. The van der Waals surface area contributed by atoms with Gasteiger partial charge in [0.2, 0.25) is 0 Å². The van der Waals surface area contributed by atoms with E-state index in [1.54, 1.807) is 11.0 Å². The van der Waals surface area contributed by atoms with Gasteiger partial charge in [-0.25, -0.2) is 4.39 Å². The Morgan fingerprint density at radius 1 is 1.28 bits per heavy atom. The highest BCUT2D eigenvalue weighted by Crippen LogP contribution is 2.36. The number of halogens is 1. The number of hydrogen-bond acceptors (Lipinski definition) is 3. The third kappa shape index (κ3) is 3.42. The van der Waals surface area contributed by atoms with Crippen molar-refractivity contribution in [2.75, 3.05) is 19.6 Å². The van der Waals surface area contributed by atoms with Crippen LogP contribution in [0.25, 0.3) is 22.0 Å². The maximum absolute atomic E-state index is 14.2. The standard InChI is InChI=1S/C23H27FN4O/c1-5-28(14(2)3)23(29)20-10-17(24)6-7-18(20)19-8-15(16-11-25-12-16)9-22-21(19)13-26-27(22)4/h6-10,13-14,16,25H,5,11-12H2,1-4H3. The van der Waals surface area contributed by atoms with Crippen LogP contribution in [0.4, 0.5) is 4.39 Å². The van der Waals surface area contributed by atoms with Crippen LogP contribution in [0.5, 0.6) is 0 Å². The summed E-state index contributed by atoms with van der Waals surface area (Å²) in [6, 6.07) is 8.87. The fraction of sp³-hybridized carbons (Fsp3) is 0.391. The molecule has 5 nitrogen and oxygen atoms in total. The first kappa shape index (κ1) is 19.6. The highest BCUT2D eigenvalue weighted by molar-refractivity contribution is 6.05. The molecule has 2 aromatic carbocycles. The number of carbonyl (C=O) groups is 1. The van der Waals surface area contributed by atoms with Crippen LogP contribution in [0, 0.1) is 5.82 Å². The van der Waals surface area contributed by atoms with E-state index in [1.165, 1.54) is 17.7 Å². The molecule has 6 heteroatoms. The van der Waals surface area contributed by atoms with Crippen molar-refractivity contribution in [2.24, 2.45) is 7.05 Å². The van der Waals surface area contributed by atoms with E-state index in [1.807, 2.05) is 38.7 Å². The molecule has 1 aliphatic rings. The van der Waals surface area contributed by atoms with Crippen LogP contribution >= 0.6 is 0 Å². The molecule has 29 heavy (non-hydrogen) atoms. The maximum Gasteiger partial charge on any atom is 0.254 e. The van der Waals surface area contributed by atoms with Crippen LogP contribution in [0.2, 0.25) is 0 Å². The normalized spacial score (nSPS) is 14.4. The van der Waals surface area contributed by atoms with E-state index >= 15 is 0 Å². The molecule has 0 bridgehead atoms. The highest BCUT2D eigenvalue weighted by atomic mass is 19.1. The van der Waals surface area contributed by atoms with Gasteiger partial charge in [-0.3, -0.25) is 9.48 Å². The summed E-state index contributed by atoms with van der Waals surface area (Å²) in [6.07, 6.45) is 1.82. The predicted octanol–water partition coefficient (Wildman–Crippen LogP) is 3.94. The fourth-order valence-electron chi connectivity index (χ4n) is 4.08. The van der Waals surface area contributed by atoms with Crippen LogP contribution in [0.1, 0.15) is 42.6 Å². The van der Waals surface area contributed by atoms with E-state index in [4.69, 9.17) is 0 Å². The molecule has 1 saturated heterocycles. The molecular formula is C23H27FN4O. The number of carbonyl (C=O) groups excluding carboxylic acids is 1. The molecule has 4 rings (SSSR count). The third-order valence-corrected chi connectivity index (χ3v) is 5.87. The van der Waals surface area contributed by atoms with Crippen molar-refractivity contribution in [3.63, 3.8) is 0 Å². The molecule has 0 atom stereocenters. The second-order valence-corrected chi connectivity index (χ2v) is 8.00. The fourth-order valence-corrected chi connectivity index (χ4v) is 4.08. The smallest absolute Gasteiger partial charge is 0.254 e. The van der Waals surface area contributed by atoms with E-state index in [0.717, 1.165) is 35.1 Å². The Morgan fingerprint density at radius 3 is 2.66 bits per heavy atom. The van der Waals surface area contributed by atoms with Crippen molar-refractivity contribution < 1.29 is 9.18 Å². The number of aryl methyl sites for hydroxylation is 1. The van der Waals surface area contributed by atoms with Gasteiger partial charge in [-0.1, -0.05) is 6.07 Å². The van der Waals surface area contributed by atoms with Crippen molar-refractivity contribution in [3.8, 4) is 11.1 Å². The highest BCUT2D eigenvalue weighted by Gasteiger charge is 2.25. The first-order valence-electron chi connectivity index (χ1n) is 10.2. The maximum atomic E-state index is 14.2. The first-order chi connectivity index (χ1) is 13.9. The summed E-state index contributed by atoms with van der Waals surface area (Å²) in [5, 5.41) is 8.71. The molecule has 1 N–H and O–H groups in total. The Bertz CT molecular complexity index is 1070. The minimum atomic E-state index is -0.404. The van der Waals surface area contributed by atoms with Crippen molar-refractivity contribution >= 4 is 16.8 Å². The molecule has 152 valence electrons. The van der Waals surface area contributed by atoms with Crippen LogP contribution in [-0.4, -0.2) is 46.3 Å². The molecule has 3 aromatic rings. The molecule has 1 fully saturated rings. The van der Waals surface area contributed by atoms with E-state index in [-0.39, 0.29) is 11.9 Å². The molecule has 1 aromatic heterocycles. The zero-order chi connectivity index (χ0) is 20.7. The van der Waals surface area contributed by atoms with E-state index in [0.29, 0.717) is 18.0 Å². The van der Waals surface area contributed by atoms with Crippen molar-refractivity contribution in [1.29, 1.82) is 0 Å². The van der Waals surface area contributed by atoms with Gasteiger partial charge in [0.05, 0.1) is 17.3 Å². The average Bonchev–Trinajstić information content (AvgIpc) is 3.01. The number of amides is 1. The molecule has 0 spiro atoms. The topological polar surface area (TPSA) is 50.2 Å². The largest absolute Gasteiger partial charge is 0.336 e. The van der Waals surface area contributed by atoms with Crippen LogP contribution in [0.15, 0.2) is 36.5 Å². The Morgan fingerprint density at radius 2 is 2.03 bits per heavy atom. The van der Waals surface area contributed by atoms with Crippen molar-refractivity contribution in [2.45, 2.75) is 32.7 Å². The number of nitrogens with one attached hydrogen (secondary N) is 1. The summed E-state index contributed by atoms with van der Waals surface area (Å²) in [5.74, 6) is -0.112. The SMILES string of the molecule is CCN(C(=O)c1cc(F)ccc1-c1cc(C2CNC2)cc2c1cnn2C)C(C)C. The number of hydrogen-bond donors (Lipinski definition) is 1. The van der Waals surface area contributed by atoms with Gasteiger partial charge in [-0.05, 0) is 61.7 Å². The zero-order valence-electron chi connectivity index (χ0n) is 17.4. The minimum absolute atomic E-state index is 0.0365. The van der Waals surface area contributed by atoms with Gasteiger partial charge in [0.1, 0.15) is 5.82 Å². The van der Waals surface area contributed by atoms with Gasteiger partial charge >= 0.3 is 0 Å². The molecule has 2 heterocycles. The molecule has 1 amide bonds. The molecule has 1 aliphatic heterocycles. The number of benzene rings is 2. The zero-order valence-corrected chi connectivity index (χ0v) is 17.4. The van der Waals surface area contributed by atoms with Crippen LogP contribution in [-0.2, 0) is 7.05 Å². The quantitative estimate of drug-likeness (QED) is 0.713. The number of rotatable bonds is 5. The van der Waals surface area contributed by atoms with Crippen LogP contribution < -0.4 is 5.32 Å². The second kappa shape index (κ2) is 7.59. The first-order valence-corrected chi connectivity index (χ1v) is 10.2. The van der Waals surface area contributed by atoms with Gasteiger partial charge in [0.15, 0.2) is 0 Å². The lowest BCUT2D eigenvalue weighted by molar-refractivity contribution is 0.0717. The van der Waals surface area contributed by atoms with Gasteiger partial charge in [0, 0.05) is 44.0 Å². The number of nitrogens with zero attached hydrogens (tertiary/aromatic N) is 3. The van der Waals surface area contributed by atoms with Crippen molar-refractivity contribution in [3.05, 3.63) is 53.5 Å². The summed E-state index contributed by atoms with van der Waals surface area (Å²) >= 11 is 0. The average molecular weight is 394 g/mol. The van der Waals surface area contributed by atoms with E-state index < -0.39 is 5.82 Å². The van der Waals surface area contributed by atoms with E-state index in [9.17, 15) is 9.18 Å². The van der Waals surface area contributed by atoms with Gasteiger partial charge in [0.25, 0.3) is 5.91 Å². The summed E-state index contributed by atoms with van der Waals surface area (Å²) < 4.78 is 16.0. The predicted molar refractivity (Wildman–Crippen MR) is 114 cm³/mol. The lowest BCUT2D eigenvalue weighted by Crippen LogP contribution is -2.39. The van der Waals surface area contributed by atoms with Gasteiger partial charge in [-0.15, -0.1) is 0 Å². The molecule has 0 unspecified atom stereocenters. The number of fused-ring (bicyclic) bond motifs is 1. The van der Waals surface area contributed by atoms with Crippen LogP contribution in [0.3, 0.4) is 0 Å². The minimum Gasteiger partial charge on any atom is -0.336 e. The number of aromatic nitrogens is 2. The Labute approximate surface area is 170 Å². The Hall–Kier alpha value is -2.73. The summed E-state index contributed by atoms with van der Waals surface area (Å²) in [4.78, 5) is 15.1. The Kier molecular flexibility index (Phi) is 5.13. The third-order valence-electron chi connectivity index (χ3n) is 5.87. The Balaban J connectivity index is 1.93. The molecule has 0 aliphatic carbocycles. The summed E-state index contributed by atoms with van der Waals surface area (Å²) in [6.45, 7) is 8.35. The van der Waals surface area contributed by atoms with Gasteiger partial charge in [-0.2, -0.15) is 5.10 Å². The van der Waals surface area contributed by atoms with Crippen molar-refractivity contribution in [1.82, 2.24) is 20.0 Å². The molecule has 0 radical (unpaired) electrons. The second-order valence-electron chi connectivity index (χ2n) is 8.00. The van der Waals surface area contributed by atoms with Gasteiger partial charge < -0.3 is 10.2 Å². The van der Waals surface area contributed by atoms with E-state index in [2.05, 4.69) is 22.5 Å².